The average molecular weight is 279 g/mol. The van der Waals surface area contributed by atoms with Gasteiger partial charge in [-0.05, 0) is 54.4 Å². The molecule has 1 saturated carbocycles. The molecule has 106 valence electrons. The lowest BCUT2D eigenvalue weighted by Gasteiger charge is -2.19. The summed E-state index contributed by atoms with van der Waals surface area (Å²) in [6.45, 7) is 0. The maximum absolute atomic E-state index is 12.1. The number of pyridine rings is 1. The second kappa shape index (κ2) is 4.58. The molecule has 4 rings (SSSR count). The van der Waals surface area contributed by atoms with Crippen LogP contribution in [-0.4, -0.2) is 11.2 Å². The van der Waals surface area contributed by atoms with E-state index < -0.39 is 0 Å². The summed E-state index contributed by atoms with van der Waals surface area (Å²) in [5.41, 5.74) is 5.13. The van der Waals surface area contributed by atoms with E-state index in [1.807, 2.05) is 24.3 Å². The molecule has 2 aliphatic carbocycles. The van der Waals surface area contributed by atoms with Crippen molar-refractivity contribution >= 4 is 17.6 Å². The molecule has 1 fully saturated rings. The standard InChI is InChI=1S/C17H17N3O/c18-8-10-2-1-3-13(6-10)20-14-9-19-17(21)16-12-5-4-11(7-12)15(14)16/h1-3,6,8-9,11-12,18,20H,4-5,7H2,(H,19,21). The van der Waals surface area contributed by atoms with Crippen LogP contribution >= 0.6 is 0 Å². The molecule has 1 heterocycles. The predicted octanol–water partition coefficient (Wildman–Crippen LogP) is 3.48. The lowest BCUT2D eigenvalue weighted by molar-refractivity contribution is 0.709. The van der Waals surface area contributed by atoms with Crippen LogP contribution in [0, 0.1) is 5.41 Å². The second-order valence-electron chi connectivity index (χ2n) is 5.96. The van der Waals surface area contributed by atoms with E-state index in [9.17, 15) is 4.79 Å². The van der Waals surface area contributed by atoms with Crippen LogP contribution in [0.2, 0.25) is 0 Å². The molecule has 0 spiro atoms. The molecule has 3 N–H and O–H groups in total. The number of nitrogens with one attached hydrogen (secondary N) is 3. The van der Waals surface area contributed by atoms with Gasteiger partial charge in [0.25, 0.3) is 5.56 Å². The summed E-state index contributed by atoms with van der Waals surface area (Å²) < 4.78 is 0. The van der Waals surface area contributed by atoms with Crippen LogP contribution in [0.1, 0.15) is 47.8 Å². The van der Waals surface area contributed by atoms with Crippen LogP contribution < -0.4 is 10.9 Å². The van der Waals surface area contributed by atoms with Crippen LogP contribution in [0.25, 0.3) is 0 Å². The maximum atomic E-state index is 12.1. The molecule has 21 heavy (non-hydrogen) atoms. The first-order valence-electron chi connectivity index (χ1n) is 7.39. The highest BCUT2D eigenvalue weighted by atomic mass is 16.1. The smallest absolute Gasteiger partial charge is 0.251 e. The van der Waals surface area contributed by atoms with Crippen molar-refractivity contribution in [1.29, 1.82) is 5.41 Å². The van der Waals surface area contributed by atoms with Crippen molar-refractivity contribution in [2.75, 3.05) is 5.32 Å². The van der Waals surface area contributed by atoms with E-state index in [0.29, 0.717) is 11.8 Å². The van der Waals surface area contributed by atoms with Gasteiger partial charge in [0, 0.05) is 23.7 Å². The van der Waals surface area contributed by atoms with Gasteiger partial charge in [0.05, 0.1) is 5.69 Å². The highest BCUT2D eigenvalue weighted by Crippen LogP contribution is 2.53. The van der Waals surface area contributed by atoms with Crippen molar-refractivity contribution in [3.05, 3.63) is 57.5 Å². The third kappa shape index (κ3) is 1.90. The molecule has 2 bridgehead atoms. The number of aromatic amines is 1. The van der Waals surface area contributed by atoms with Crippen molar-refractivity contribution in [2.24, 2.45) is 0 Å². The molecule has 2 unspecified atom stereocenters. The number of aromatic nitrogens is 1. The third-order valence-electron chi connectivity index (χ3n) is 4.75. The molecule has 0 aliphatic heterocycles. The van der Waals surface area contributed by atoms with Gasteiger partial charge < -0.3 is 15.7 Å². The third-order valence-corrected chi connectivity index (χ3v) is 4.75. The van der Waals surface area contributed by atoms with E-state index in [2.05, 4.69) is 10.3 Å². The van der Waals surface area contributed by atoms with Gasteiger partial charge in [-0.15, -0.1) is 0 Å². The largest absolute Gasteiger partial charge is 0.354 e. The van der Waals surface area contributed by atoms with Crippen molar-refractivity contribution in [1.82, 2.24) is 4.98 Å². The number of H-pyrrole nitrogens is 1. The van der Waals surface area contributed by atoms with Gasteiger partial charge in [-0.3, -0.25) is 4.79 Å². The first-order chi connectivity index (χ1) is 10.3. The molecule has 4 heteroatoms. The molecule has 0 radical (unpaired) electrons. The topological polar surface area (TPSA) is 68.7 Å². The summed E-state index contributed by atoms with van der Waals surface area (Å²) in [6.07, 6.45) is 6.59. The van der Waals surface area contributed by atoms with Crippen LogP contribution in [0.5, 0.6) is 0 Å². The van der Waals surface area contributed by atoms with E-state index in [4.69, 9.17) is 5.41 Å². The van der Waals surface area contributed by atoms with E-state index >= 15 is 0 Å². The van der Waals surface area contributed by atoms with E-state index in [1.54, 1.807) is 6.20 Å². The van der Waals surface area contributed by atoms with Crippen molar-refractivity contribution in [2.45, 2.75) is 31.1 Å². The molecular weight excluding hydrogens is 262 g/mol. The Kier molecular flexibility index (Phi) is 2.70. The van der Waals surface area contributed by atoms with Crippen LogP contribution in [-0.2, 0) is 0 Å². The Labute approximate surface area is 122 Å². The molecule has 2 aromatic rings. The molecule has 4 nitrogen and oxygen atoms in total. The fraction of sp³-hybridized carbons (Fsp3) is 0.294. The highest BCUT2D eigenvalue weighted by Gasteiger charge is 2.40. The average Bonchev–Trinajstić information content (AvgIpc) is 3.12. The molecule has 1 aromatic carbocycles. The van der Waals surface area contributed by atoms with Gasteiger partial charge in [-0.1, -0.05) is 12.1 Å². The molecule has 1 aromatic heterocycles. The normalized spacial score (nSPS) is 22.1. The number of fused-ring (bicyclic) bond motifs is 5. The van der Waals surface area contributed by atoms with E-state index in [-0.39, 0.29) is 5.56 Å². The predicted molar refractivity (Wildman–Crippen MR) is 84.0 cm³/mol. The van der Waals surface area contributed by atoms with Gasteiger partial charge >= 0.3 is 0 Å². The Morgan fingerprint density at radius 2 is 2.05 bits per heavy atom. The Morgan fingerprint density at radius 1 is 1.24 bits per heavy atom. The quantitative estimate of drug-likeness (QED) is 0.753. The number of anilines is 2. The maximum Gasteiger partial charge on any atom is 0.251 e. The Hall–Kier alpha value is -2.36. The van der Waals surface area contributed by atoms with Gasteiger partial charge in [0.1, 0.15) is 0 Å². The highest BCUT2D eigenvalue weighted by molar-refractivity contribution is 5.80. The summed E-state index contributed by atoms with van der Waals surface area (Å²) in [4.78, 5) is 15.0. The summed E-state index contributed by atoms with van der Waals surface area (Å²) >= 11 is 0. The van der Waals surface area contributed by atoms with E-state index in [0.717, 1.165) is 35.3 Å². The Bertz CT molecular complexity index is 778. The summed E-state index contributed by atoms with van der Waals surface area (Å²) in [7, 11) is 0. The number of hydrogen-bond acceptors (Lipinski definition) is 3. The zero-order chi connectivity index (χ0) is 14.4. The minimum absolute atomic E-state index is 0.0796. The first-order valence-corrected chi connectivity index (χ1v) is 7.39. The number of benzene rings is 1. The van der Waals surface area contributed by atoms with Crippen molar-refractivity contribution in [3.63, 3.8) is 0 Å². The molecule has 0 saturated heterocycles. The Balaban J connectivity index is 1.77. The fourth-order valence-corrected chi connectivity index (χ4v) is 3.88. The lowest BCUT2D eigenvalue weighted by atomic mass is 9.92. The zero-order valence-corrected chi connectivity index (χ0v) is 11.6. The van der Waals surface area contributed by atoms with Gasteiger partial charge in [0.2, 0.25) is 0 Å². The molecule has 0 amide bonds. The van der Waals surface area contributed by atoms with Crippen LogP contribution in [0.3, 0.4) is 0 Å². The summed E-state index contributed by atoms with van der Waals surface area (Å²) in [5.74, 6) is 0.976. The molecule has 2 atom stereocenters. The van der Waals surface area contributed by atoms with E-state index in [1.165, 1.54) is 18.2 Å². The van der Waals surface area contributed by atoms with Crippen LogP contribution in [0.4, 0.5) is 11.4 Å². The molecular formula is C17H17N3O. The zero-order valence-electron chi connectivity index (χ0n) is 11.6. The lowest BCUT2D eigenvalue weighted by Crippen LogP contribution is -2.17. The molecule has 2 aliphatic rings. The van der Waals surface area contributed by atoms with Crippen molar-refractivity contribution < 1.29 is 0 Å². The number of rotatable bonds is 3. The fourth-order valence-electron chi connectivity index (χ4n) is 3.88. The minimum Gasteiger partial charge on any atom is -0.354 e. The minimum atomic E-state index is 0.0796. The van der Waals surface area contributed by atoms with Crippen molar-refractivity contribution in [3.8, 4) is 0 Å². The Morgan fingerprint density at radius 3 is 2.86 bits per heavy atom. The van der Waals surface area contributed by atoms with Gasteiger partial charge in [0.15, 0.2) is 0 Å². The number of hydrogen-bond donors (Lipinski definition) is 3. The monoisotopic (exact) mass is 279 g/mol. The van der Waals surface area contributed by atoms with Gasteiger partial charge in [-0.25, -0.2) is 0 Å². The summed E-state index contributed by atoms with van der Waals surface area (Å²) in [5, 5.41) is 10.8. The first kappa shape index (κ1) is 12.4. The second-order valence-corrected chi connectivity index (χ2v) is 5.96. The van der Waals surface area contributed by atoms with Crippen LogP contribution in [0.15, 0.2) is 35.3 Å². The summed E-state index contributed by atoms with van der Waals surface area (Å²) in [6, 6.07) is 7.76. The van der Waals surface area contributed by atoms with Gasteiger partial charge in [-0.2, -0.15) is 0 Å². The SMILES string of the molecule is N=Cc1cccc(Nc2c[nH]c(=O)c3c2C2CCC3C2)c1.